The third-order valence-corrected chi connectivity index (χ3v) is 11.4. The first-order chi connectivity index (χ1) is 15.1. The van der Waals surface area contributed by atoms with Gasteiger partial charge in [-0.05, 0) is 98.5 Å². The Morgan fingerprint density at radius 2 is 1.75 bits per heavy atom. The highest BCUT2D eigenvalue weighted by molar-refractivity contribution is 7.31. The van der Waals surface area contributed by atoms with Crippen molar-refractivity contribution in [2.75, 3.05) is 6.66 Å². The lowest BCUT2D eigenvalue weighted by Gasteiger charge is -2.59. The molecule has 0 heterocycles. The van der Waals surface area contributed by atoms with Crippen molar-refractivity contribution in [3.63, 3.8) is 0 Å². The van der Waals surface area contributed by atoms with Crippen LogP contribution in [0, 0.1) is 40.4 Å². The van der Waals surface area contributed by atoms with Gasteiger partial charge in [0.25, 0.3) is 0 Å². The quantitative estimate of drug-likeness (QED) is 0.327. The minimum atomic E-state index is -0.178. The van der Waals surface area contributed by atoms with Crippen LogP contribution in [0.3, 0.4) is 0 Å². The van der Waals surface area contributed by atoms with Gasteiger partial charge in [0.1, 0.15) is 0 Å². The highest BCUT2D eigenvalue weighted by Crippen LogP contribution is 2.65. The lowest BCUT2D eigenvalue weighted by Crippen LogP contribution is -2.58. The van der Waals surface area contributed by atoms with E-state index in [9.17, 15) is 5.11 Å². The fourth-order valence-electron chi connectivity index (χ4n) is 8.81. The van der Waals surface area contributed by atoms with Gasteiger partial charge in [0.2, 0.25) is 0 Å². The molecule has 2 nitrogen and oxygen atoms in total. The summed E-state index contributed by atoms with van der Waals surface area (Å²) in [6.45, 7) is 17.0. The Kier molecular flexibility index (Phi) is 9.22. The monoisotopic (exact) mass is 466 g/mol. The van der Waals surface area contributed by atoms with Crippen LogP contribution in [0.5, 0.6) is 0 Å². The van der Waals surface area contributed by atoms with Crippen molar-refractivity contribution >= 4 is 8.81 Å². The summed E-state index contributed by atoms with van der Waals surface area (Å²) in [6, 6.07) is 0. The van der Waals surface area contributed by atoms with E-state index < -0.39 is 0 Å². The van der Waals surface area contributed by atoms with E-state index in [1.165, 1.54) is 51.4 Å². The van der Waals surface area contributed by atoms with Crippen LogP contribution in [0.25, 0.3) is 0 Å². The van der Waals surface area contributed by atoms with Gasteiger partial charge < -0.3 is 9.63 Å². The van der Waals surface area contributed by atoms with E-state index in [4.69, 9.17) is 4.52 Å². The lowest BCUT2D eigenvalue weighted by atomic mass is 9.50. The zero-order valence-corrected chi connectivity index (χ0v) is 23.5. The van der Waals surface area contributed by atoms with E-state index in [1.807, 2.05) is 0 Å². The van der Waals surface area contributed by atoms with E-state index in [0.717, 1.165) is 61.7 Å². The molecule has 0 radical (unpaired) electrons. The van der Waals surface area contributed by atoms with Gasteiger partial charge in [-0.2, -0.15) is 0 Å². The van der Waals surface area contributed by atoms with E-state index in [1.54, 1.807) is 0 Å². The highest BCUT2D eigenvalue weighted by atomic mass is 31.1. The normalized spacial score (nSPS) is 43.8. The summed E-state index contributed by atoms with van der Waals surface area (Å²) in [6.07, 6.45) is 16.4. The van der Waals surface area contributed by atoms with E-state index >= 15 is 0 Å². The highest BCUT2D eigenvalue weighted by Gasteiger charge is 2.59. The maximum Gasteiger partial charge on any atom is 0.0801 e. The Labute approximate surface area is 202 Å². The molecule has 188 valence electrons. The third kappa shape index (κ3) is 5.14. The van der Waals surface area contributed by atoms with Crippen molar-refractivity contribution in [1.82, 2.24) is 0 Å². The van der Waals surface area contributed by atoms with Crippen molar-refractivity contribution in [1.29, 1.82) is 0 Å². The molecule has 0 aromatic carbocycles. The average Bonchev–Trinajstić information content (AvgIpc) is 3.07. The Morgan fingerprint density at radius 3 is 2.41 bits per heavy atom. The largest absolute Gasteiger partial charge is 0.393 e. The fourth-order valence-corrected chi connectivity index (χ4v) is 9.62. The predicted octanol–water partition coefficient (Wildman–Crippen LogP) is 8.61. The second kappa shape index (κ2) is 11.0. The van der Waals surface area contributed by atoms with Gasteiger partial charge in [-0.25, -0.2) is 0 Å². The number of aliphatic hydroxyl groups excluding tert-OH is 1. The van der Waals surface area contributed by atoms with Gasteiger partial charge in [-0.15, -0.1) is 0 Å². The Morgan fingerprint density at radius 1 is 1.00 bits per heavy atom. The Bertz CT molecular complexity index is 586. The first kappa shape index (κ1) is 26.9. The summed E-state index contributed by atoms with van der Waals surface area (Å²) >= 11 is 0. The molecule has 0 amide bonds. The number of rotatable bonds is 10. The zero-order valence-electron chi connectivity index (χ0n) is 22.5. The van der Waals surface area contributed by atoms with E-state index in [-0.39, 0.29) is 17.1 Å². The number of hydrogen-bond acceptors (Lipinski definition) is 2. The molecule has 7 unspecified atom stereocenters. The predicted molar refractivity (Wildman–Crippen MR) is 140 cm³/mol. The second-order valence-corrected chi connectivity index (χ2v) is 13.6. The molecule has 0 saturated heterocycles. The summed E-state index contributed by atoms with van der Waals surface area (Å²) in [7, 11) is 0.514. The summed E-state index contributed by atoms with van der Waals surface area (Å²) in [4.78, 5) is 0. The molecule has 0 spiro atoms. The molecule has 0 bridgehead atoms. The van der Waals surface area contributed by atoms with Crippen molar-refractivity contribution in [2.45, 2.75) is 137 Å². The lowest BCUT2D eigenvalue weighted by molar-refractivity contribution is -0.158. The van der Waals surface area contributed by atoms with Crippen LogP contribution in [0.15, 0.2) is 0 Å². The molecule has 3 rings (SSSR count). The van der Waals surface area contributed by atoms with Gasteiger partial charge >= 0.3 is 0 Å². The average molecular weight is 467 g/mol. The summed E-state index contributed by atoms with van der Waals surface area (Å²) in [5.74, 6) is 4.30. The SMILES string of the molecule is CCCC1(OPC)CC(O)CC[C@]1(C)C1CC[C@@]2(C)C(CCC2C(C)CCCC(C)C)C1. The topological polar surface area (TPSA) is 29.5 Å². The Hall–Kier alpha value is 0.350. The van der Waals surface area contributed by atoms with Crippen molar-refractivity contribution in [3.8, 4) is 0 Å². The smallest absolute Gasteiger partial charge is 0.0801 e. The molecule has 32 heavy (non-hydrogen) atoms. The molecular weight excluding hydrogens is 411 g/mol. The molecule has 3 heteroatoms. The van der Waals surface area contributed by atoms with Gasteiger partial charge in [0.05, 0.1) is 11.7 Å². The summed E-state index contributed by atoms with van der Waals surface area (Å²) in [5.41, 5.74) is 0.653. The van der Waals surface area contributed by atoms with E-state index in [0.29, 0.717) is 14.2 Å². The van der Waals surface area contributed by atoms with E-state index in [2.05, 4.69) is 48.2 Å². The first-order valence-electron chi connectivity index (χ1n) is 14.1. The third-order valence-electron chi connectivity index (χ3n) is 10.8. The first-order valence-corrected chi connectivity index (χ1v) is 15.6. The fraction of sp³-hybridized carbons (Fsp3) is 1.00. The van der Waals surface area contributed by atoms with Crippen molar-refractivity contribution < 1.29 is 9.63 Å². The van der Waals surface area contributed by atoms with Crippen LogP contribution < -0.4 is 0 Å². The molecule has 3 saturated carbocycles. The summed E-state index contributed by atoms with van der Waals surface area (Å²) < 4.78 is 6.68. The van der Waals surface area contributed by atoms with Crippen LogP contribution >= 0.6 is 8.81 Å². The molecular formula is C29H55O2P. The second-order valence-electron chi connectivity index (χ2n) is 13.0. The standard InChI is InChI=1S/C29H55O2P/c1-8-16-29(31-32-7)20-25(30)15-18-28(29,6)24-14-17-27(5)23(19-24)12-13-26(27)22(4)11-9-10-21(2)3/h21-26,30,32H,8-20H2,1-7H3/t22?,23?,24?,25?,26?,27-,28+,29?/m0/s1. The number of aliphatic hydroxyl groups is 1. The Balaban J connectivity index is 1.74. The molecule has 3 fully saturated rings. The summed E-state index contributed by atoms with van der Waals surface area (Å²) in [5, 5.41) is 10.6. The molecule has 3 aliphatic rings. The van der Waals surface area contributed by atoms with Crippen LogP contribution in [0.2, 0.25) is 0 Å². The minimum absolute atomic E-state index is 0.118. The van der Waals surface area contributed by atoms with Crippen molar-refractivity contribution in [2.24, 2.45) is 40.4 Å². The minimum Gasteiger partial charge on any atom is -0.393 e. The zero-order chi connectivity index (χ0) is 23.6. The molecule has 3 aliphatic carbocycles. The van der Waals surface area contributed by atoms with Crippen LogP contribution in [0.1, 0.15) is 125 Å². The molecule has 0 aromatic heterocycles. The number of hydrogen-bond donors (Lipinski definition) is 1. The van der Waals surface area contributed by atoms with Crippen molar-refractivity contribution in [3.05, 3.63) is 0 Å². The van der Waals surface area contributed by atoms with Crippen LogP contribution in [-0.4, -0.2) is 23.5 Å². The van der Waals surface area contributed by atoms with Crippen LogP contribution in [-0.2, 0) is 4.52 Å². The molecule has 9 atom stereocenters. The van der Waals surface area contributed by atoms with Crippen LogP contribution in [0.4, 0.5) is 0 Å². The molecule has 0 aromatic rings. The maximum absolute atomic E-state index is 10.6. The maximum atomic E-state index is 10.6. The number of fused-ring (bicyclic) bond motifs is 1. The van der Waals surface area contributed by atoms with Gasteiger partial charge in [-0.1, -0.05) is 67.2 Å². The molecule has 1 N–H and O–H groups in total. The van der Waals surface area contributed by atoms with Gasteiger partial charge in [0.15, 0.2) is 0 Å². The van der Waals surface area contributed by atoms with Gasteiger partial charge in [0, 0.05) is 15.2 Å². The van der Waals surface area contributed by atoms with Gasteiger partial charge in [-0.3, -0.25) is 0 Å². The molecule has 0 aliphatic heterocycles.